The van der Waals surface area contributed by atoms with Crippen molar-refractivity contribution in [1.82, 2.24) is 10.2 Å². The summed E-state index contributed by atoms with van der Waals surface area (Å²) in [6.07, 6.45) is 0. The van der Waals surface area contributed by atoms with Gasteiger partial charge in [0.1, 0.15) is 12.6 Å². The van der Waals surface area contributed by atoms with Crippen LogP contribution in [0, 0.1) is 17.0 Å². The number of carbonyl (C=O) groups is 2. The number of carbonyl (C=O) groups excluding carboxylic acids is 2. The Hall–Kier alpha value is -4.25. The number of amides is 2. The summed E-state index contributed by atoms with van der Waals surface area (Å²) in [5.74, 6) is -1.07. The molecule has 10 nitrogen and oxygen atoms in total. The van der Waals surface area contributed by atoms with Crippen LogP contribution in [0.25, 0.3) is 0 Å². The molecule has 0 aliphatic carbocycles. The SMILES string of the molecule is CNC(=O)[C@H](C)N(Cc1cccc(C)c1)C(=O)CN(c1cccc([N+](=O)[O-])c1)S(=O)(=O)c1ccccc1. The molecule has 0 aliphatic heterocycles. The van der Waals surface area contributed by atoms with E-state index in [2.05, 4.69) is 5.32 Å². The quantitative estimate of drug-likeness (QED) is 0.320. The minimum Gasteiger partial charge on any atom is -0.357 e. The zero-order valence-corrected chi connectivity index (χ0v) is 21.5. The van der Waals surface area contributed by atoms with Crippen LogP contribution in [0.2, 0.25) is 0 Å². The molecule has 0 spiro atoms. The predicted octanol–water partition coefficient (Wildman–Crippen LogP) is 3.26. The summed E-state index contributed by atoms with van der Waals surface area (Å²) in [6.45, 7) is 2.83. The van der Waals surface area contributed by atoms with Crippen molar-refractivity contribution in [3.63, 3.8) is 0 Å². The lowest BCUT2D eigenvalue weighted by atomic mass is 10.1. The second-order valence-electron chi connectivity index (χ2n) is 8.40. The molecular weight excluding hydrogens is 496 g/mol. The average molecular weight is 525 g/mol. The van der Waals surface area contributed by atoms with Crippen LogP contribution in [0.1, 0.15) is 18.1 Å². The molecule has 0 aromatic heterocycles. The summed E-state index contributed by atoms with van der Waals surface area (Å²) in [7, 11) is -2.85. The minimum absolute atomic E-state index is 0.0468. The molecule has 0 saturated heterocycles. The molecule has 1 N–H and O–H groups in total. The third kappa shape index (κ3) is 6.50. The van der Waals surface area contributed by atoms with Gasteiger partial charge in [-0.25, -0.2) is 8.42 Å². The van der Waals surface area contributed by atoms with Gasteiger partial charge >= 0.3 is 0 Å². The number of hydrogen-bond acceptors (Lipinski definition) is 6. The summed E-state index contributed by atoms with van der Waals surface area (Å²) in [6, 6.07) is 19.0. The van der Waals surface area contributed by atoms with Crippen LogP contribution in [-0.2, 0) is 26.2 Å². The number of sulfonamides is 1. The maximum absolute atomic E-state index is 13.7. The van der Waals surface area contributed by atoms with E-state index in [-0.39, 0.29) is 22.8 Å². The second kappa shape index (κ2) is 11.7. The van der Waals surface area contributed by atoms with Crippen molar-refractivity contribution in [3.05, 3.63) is 100 Å². The highest BCUT2D eigenvalue weighted by Crippen LogP contribution is 2.27. The first-order chi connectivity index (χ1) is 17.5. The third-order valence-electron chi connectivity index (χ3n) is 5.79. The molecule has 0 aliphatic rings. The molecule has 1 atom stereocenters. The van der Waals surface area contributed by atoms with Crippen LogP contribution in [0.3, 0.4) is 0 Å². The fourth-order valence-corrected chi connectivity index (χ4v) is 5.24. The molecule has 0 unspecified atom stereocenters. The van der Waals surface area contributed by atoms with Crippen LogP contribution in [0.5, 0.6) is 0 Å². The fourth-order valence-electron chi connectivity index (χ4n) is 3.81. The van der Waals surface area contributed by atoms with Gasteiger partial charge in [-0.05, 0) is 37.6 Å². The summed E-state index contributed by atoms with van der Waals surface area (Å²) in [4.78, 5) is 38.1. The molecule has 3 rings (SSSR count). The Morgan fingerprint density at radius 3 is 2.30 bits per heavy atom. The number of nitrogens with zero attached hydrogens (tertiary/aromatic N) is 3. The van der Waals surface area contributed by atoms with Gasteiger partial charge in [0.15, 0.2) is 0 Å². The topological polar surface area (TPSA) is 130 Å². The Morgan fingerprint density at radius 2 is 1.68 bits per heavy atom. The Labute approximate surface area is 215 Å². The molecule has 0 radical (unpaired) electrons. The van der Waals surface area contributed by atoms with Gasteiger partial charge in [-0.2, -0.15) is 0 Å². The van der Waals surface area contributed by atoms with Crippen LogP contribution >= 0.6 is 0 Å². The van der Waals surface area contributed by atoms with E-state index >= 15 is 0 Å². The molecule has 0 heterocycles. The van der Waals surface area contributed by atoms with E-state index in [1.807, 2.05) is 31.2 Å². The predicted molar refractivity (Wildman–Crippen MR) is 139 cm³/mol. The van der Waals surface area contributed by atoms with Crippen LogP contribution < -0.4 is 9.62 Å². The maximum atomic E-state index is 13.7. The molecule has 0 saturated carbocycles. The van der Waals surface area contributed by atoms with E-state index < -0.39 is 39.3 Å². The average Bonchev–Trinajstić information content (AvgIpc) is 2.89. The van der Waals surface area contributed by atoms with Gasteiger partial charge in [-0.3, -0.25) is 24.0 Å². The lowest BCUT2D eigenvalue weighted by Crippen LogP contribution is -2.50. The van der Waals surface area contributed by atoms with Gasteiger partial charge in [-0.15, -0.1) is 0 Å². The van der Waals surface area contributed by atoms with Crippen molar-refractivity contribution >= 4 is 33.2 Å². The standard InChI is InChI=1S/C26H28N4O6S/c1-19-9-7-10-21(15-19)17-28(20(2)26(32)27-3)25(31)18-29(22-11-8-12-23(16-22)30(33)34)37(35,36)24-13-5-4-6-14-24/h4-16,20H,17-18H2,1-3H3,(H,27,32)/t20-/m0/s1. The number of rotatable bonds is 10. The smallest absolute Gasteiger partial charge is 0.271 e. The molecule has 11 heteroatoms. The first-order valence-electron chi connectivity index (χ1n) is 11.4. The molecule has 0 fully saturated rings. The molecule has 0 bridgehead atoms. The number of likely N-dealkylation sites (N-methyl/N-ethyl adjacent to an activating group) is 1. The molecule has 37 heavy (non-hydrogen) atoms. The Kier molecular flexibility index (Phi) is 8.61. The number of nitro benzene ring substituents is 1. The number of nitrogens with one attached hydrogen (secondary N) is 1. The van der Waals surface area contributed by atoms with Crippen LogP contribution in [0.4, 0.5) is 11.4 Å². The molecular formula is C26H28N4O6S. The number of anilines is 1. The second-order valence-corrected chi connectivity index (χ2v) is 10.3. The first-order valence-corrected chi connectivity index (χ1v) is 12.9. The van der Waals surface area contributed by atoms with E-state index in [0.29, 0.717) is 0 Å². The van der Waals surface area contributed by atoms with Gasteiger partial charge in [0, 0.05) is 25.7 Å². The largest absolute Gasteiger partial charge is 0.357 e. The van der Waals surface area contributed by atoms with E-state index in [4.69, 9.17) is 0 Å². The Morgan fingerprint density at radius 1 is 1.00 bits per heavy atom. The number of benzene rings is 3. The number of hydrogen-bond donors (Lipinski definition) is 1. The number of nitro groups is 1. The normalized spacial score (nSPS) is 11.9. The van der Waals surface area contributed by atoms with Gasteiger partial charge < -0.3 is 10.2 Å². The zero-order valence-electron chi connectivity index (χ0n) is 20.7. The van der Waals surface area contributed by atoms with Crippen molar-refractivity contribution in [2.24, 2.45) is 0 Å². The third-order valence-corrected chi connectivity index (χ3v) is 7.58. The highest BCUT2D eigenvalue weighted by Gasteiger charge is 2.32. The molecule has 2 amide bonds. The van der Waals surface area contributed by atoms with Gasteiger partial charge in [0.25, 0.3) is 15.7 Å². The first kappa shape index (κ1) is 27.3. The zero-order chi connectivity index (χ0) is 27.2. The molecule has 3 aromatic rings. The number of non-ortho nitro benzene ring substituents is 1. The Balaban J connectivity index is 2.07. The monoisotopic (exact) mass is 524 g/mol. The van der Waals surface area contributed by atoms with Crippen molar-refractivity contribution in [3.8, 4) is 0 Å². The highest BCUT2D eigenvalue weighted by molar-refractivity contribution is 7.92. The van der Waals surface area contributed by atoms with Crippen molar-refractivity contribution < 1.29 is 22.9 Å². The van der Waals surface area contributed by atoms with E-state index in [1.165, 1.54) is 54.4 Å². The van der Waals surface area contributed by atoms with Crippen molar-refractivity contribution in [1.29, 1.82) is 0 Å². The van der Waals surface area contributed by atoms with Crippen LogP contribution in [-0.4, -0.2) is 49.7 Å². The lowest BCUT2D eigenvalue weighted by Gasteiger charge is -2.31. The number of aryl methyl sites for hydroxylation is 1. The van der Waals surface area contributed by atoms with Gasteiger partial charge in [0.05, 0.1) is 15.5 Å². The highest BCUT2D eigenvalue weighted by atomic mass is 32.2. The summed E-state index contributed by atoms with van der Waals surface area (Å²) in [5, 5.41) is 13.9. The van der Waals surface area contributed by atoms with Crippen LogP contribution in [0.15, 0.2) is 83.8 Å². The fraction of sp³-hybridized carbons (Fsp3) is 0.231. The Bertz CT molecular complexity index is 1390. The molecule has 3 aromatic carbocycles. The maximum Gasteiger partial charge on any atom is 0.271 e. The minimum atomic E-state index is -4.29. The van der Waals surface area contributed by atoms with Crippen molar-refractivity contribution in [2.45, 2.75) is 31.3 Å². The van der Waals surface area contributed by atoms with Gasteiger partial charge in [0.2, 0.25) is 11.8 Å². The van der Waals surface area contributed by atoms with E-state index in [1.54, 1.807) is 13.0 Å². The van der Waals surface area contributed by atoms with E-state index in [0.717, 1.165) is 21.5 Å². The molecule has 194 valence electrons. The lowest BCUT2D eigenvalue weighted by molar-refractivity contribution is -0.384. The van der Waals surface area contributed by atoms with E-state index in [9.17, 15) is 28.1 Å². The summed E-state index contributed by atoms with van der Waals surface area (Å²) >= 11 is 0. The summed E-state index contributed by atoms with van der Waals surface area (Å²) in [5.41, 5.74) is 1.35. The summed E-state index contributed by atoms with van der Waals surface area (Å²) < 4.78 is 28.1. The van der Waals surface area contributed by atoms with Gasteiger partial charge in [-0.1, -0.05) is 54.1 Å². The van der Waals surface area contributed by atoms with Crippen molar-refractivity contribution in [2.75, 3.05) is 17.9 Å².